The van der Waals surface area contributed by atoms with E-state index in [0.717, 1.165) is 11.1 Å². The first-order valence-corrected chi connectivity index (χ1v) is 5.61. The van der Waals surface area contributed by atoms with Gasteiger partial charge in [-0.15, -0.1) is 12.4 Å². The molecule has 16 heavy (non-hydrogen) atoms. The molecule has 0 aliphatic rings. The molecule has 2 rings (SSSR count). The van der Waals surface area contributed by atoms with Gasteiger partial charge in [-0.05, 0) is 0 Å². The molecule has 0 fully saturated rings. The van der Waals surface area contributed by atoms with Gasteiger partial charge in [-0.1, -0.05) is 60.7 Å². The zero-order valence-corrected chi connectivity index (χ0v) is 10.2. The Hall–Kier alpha value is -1.25. The van der Waals surface area contributed by atoms with Crippen molar-refractivity contribution in [1.29, 1.82) is 0 Å². The molecule has 0 heterocycles. The van der Waals surface area contributed by atoms with Crippen molar-refractivity contribution in [3.8, 4) is 0 Å². The quantitative estimate of drug-likeness (QED) is 0.762. The van der Waals surface area contributed by atoms with E-state index < -0.39 is 0 Å². The largest absolute Gasteiger partial charge is 0.472 e. The normalized spacial score (nSPS) is 9.56. The minimum atomic E-state index is -0.104. The van der Waals surface area contributed by atoms with E-state index in [4.69, 9.17) is 0 Å². The van der Waals surface area contributed by atoms with Gasteiger partial charge in [0.25, 0.3) is 5.25 Å². The molecule has 0 aliphatic carbocycles. The Balaban J connectivity index is 0.00000128. The van der Waals surface area contributed by atoms with Crippen molar-refractivity contribution < 1.29 is 4.21 Å². The molecule has 0 bridgehead atoms. The van der Waals surface area contributed by atoms with Gasteiger partial charge in [0.05, 0.1) is 0 Å². The van der Waals surface area contributed by atoms with Crippen molar-refractivity contribution in [2.75, 3.05) is 0 Å². The molecular formula is C13H12ClOS+. The highest BCUT2D eigenvalue weighted by atomic mass is 35.5. The molecule has 0 aromatic heterocycles. The van der Waals surface area contributed by atoms with Crippen LogP contribution in [-0.2, 0) is 15.9 Å². The molecule has 0 spiro atoms. The van der Waals surface area contributed by atoms with Crippen LogP contribution in [0.3, 0.4) is 0 Å². The Labute approximate surface area is 105 Å². The Morgan fingerprint density at radius 2 is 1.12 bits per heavy atom. The van der Waals surface area contributed by atoms with Crippen LogP contribution in [0.4, 0.5) is 0 Å². The number of benzene rings is 2. The van der Waals surface area contributed by atoms with Gasteiger partial charge in [-0.2, -0.15) is 0 Å². The highest BCUT2D eigenvalue weighted by molar-refractivity contribution is 7.66. The second kappa shape index (κ2) is 6.36. The average Bonchev–Trinajstić information content (AvgIpc) is 2.33. The Morgan fingerprint density at radius 1 is 0.750 bits per heavy atom. The fraction of sp³-hybridized carbons (Fsp3) is 0.0769. The van der Waals surface area contributed by atoms with Crippen LogP contribution in [0, 0.1) is 0 Å². The lowest BCUT2D eigenvalue weighted by molar-refractivity contribution is 0.602. The maximum absolute atomic E-state index is 11.1. The van der Waals surface area contributed by atoms with E-state index in [-0.39, 0.29) is 17.7 Å². The maximum atomic E-state index is 11.1. The summed E-state index contributed by atoms with van der Waals surface area (Å²) in [4.78, 5) is 0. The first-order valence-electron chi connectivity index (χ1n) is 4.80. The molecule has 82 valence electrons. The van der Waals surface area contributed by atoms with Crippen LogP contribution in [0.2, 0.25) is 0 Å². The van der Waals surface area contributed by atoms with E-state index in [9.17, 15) is 4.21 Å². The molecule has 2 aromatic rings. The lowest BCUT2D eigenvalue weighted by Gasteiger charge is -2.00. The highest BCUT2D eigenvalue weighted by Gasteiger charge is 2.25. The number of rotatable bonds is 3. The molecular weight excluding hydrogens is 240 g/mol. The van der Waals surface area contributed by atoms with Crippen LogP contribution in [0.25, 0.3) is 0 Å². The van der Waals surface area contributed by atoms with Crippen LogP contribution in [0.1, 0.15) is 16.4 Å². The molecule has 0 saturated carbocycles. The third-order valence-corrected chi connectivity index (χ3v) is 3.04. The number of hydrogen-bond donors (Lipinski definition) is 0. The van der Waals surface area contributed by atoms with Crippen molar-refractivity contribution in [3.63, 3.8) is 0 Å². The molecule has 0 aliphatic heterocycles. The predicted molar refractivity (Wildman–Crippen MR) is 70.0 cm³/mol. The molecule has 0 saturated heterocycles. The standard InChI is InChI=1S/C13H11OS.ClH/c14-15-13(11-7-3-1-4-8-11)12-9-5-2-6-10-12;/h1-10,13H;1H/q+1;. The summed E-state index contributed by atoms with van der Waals surface area (Å²) in [5.41, 5.74) is 2.12. The summed E-state index contributed by atoms with van der Waals surface area (Å²) >= 11 is 0.626. The molecule has 1 nitrogen and oxygen atoms in total. The topological polar surface area (TPSA) is 17.1 Å². The average molecular weight is 252 g/mol. The number of hydrogen-bond acceptors (Lipinski definition) is 1. The lowest BCUT2D eigenvalue weighted by atomic mass is 10.0. The van der Waals surface area contributed by atoms with Gasteiger partial charge in [0.15, 0.2) is 0 Å². The monoisotopic (exact) mass is 251 g/mol. The zero-order chi connectivity index (χ0) is 10.5. The molecule has 3 heteroatoms. The van der Waals surface area contributed by atoms with Crippen LogP contribution < -0.4 is 0 Å². The fourth-order valence-electron chi connectivity index (χ4n) is 1.56. The van der Waals surface area contributed by atoms with E-state index in [1.165, 1.54) is 0 Å². The second-order valence-electron chi connectivity index (χ2n) is 3.30. The van der Waals surface area contributed by atoms with E-state index in [2.05, 4.69) is 0 Å². The van der Waals surface area contributed by atoms with Crippen molar-refractivity contribution >= 4 is 24.1 Å². The van der Waals surface area contributed by atoms with Gasteiger partial charge in [0, 0.05) is 15.3 Å². The summed E-state index contributed by atoms with van der Waals surface area (Å²) < 4.78 is 11.1. The first-order chi connectivity index (χ1) is 7.42. The molecule has 0 amide bonds. The summed E-state index contributed by atoms with van der Waals surface area (Å²) in [5, 5.41) is -0.104. The van der Waals surface area contributed by atoms with Crippen LogP contribution >= 0.6 is 12.4 Å². The van der Waals surface area contributed by atoms with Gasteiger partial charge < -0.3 is 0 Å². The van der Waals surface area contributed by atoms with Gasteiger partial charge in [0.2, 0.25) is 0 Å². The smallest absolute Gasteiger partial charge is 0.147 e. The summed E-state index contributed by atoms with van der Waals surface area (Å²) in [6.45, 7) is 0. The molecule has 2 aromatic carbocycles. The molecule has 0 radical (unpaired) electrons. The van der Waals surface area contributed by atoms with E-state index in [1.807, 2.05) is 60.7 Å². The summed E-state index contributed by atoms with van der Waals surface area (Å²) in [5.74, 6) is 0. The van der Waals surface area contributed by atoms with Crippen molar-refractivity contribution in [1.82, 2.24) is 0 Å². The van der Waals surface area contributed by atoms with Crippen LogP contribution in [0.15, 0.2) is 60.7 Å². The van der Waals surface area contributed by atoms with Crippen molar-refractivity contribution in [2.45, 2.75) is 5.25 Å². The van der Waals surface area contributed by atoms with Gasteiger partial charge in [0.1, 0.15) is 0 Å². The minimum Gasteiger partial charge on any atom is -0.147 e. The van der Waals surface area contributed by atoms with Gasteiger partial charge >= 0.3 is 11.7 Å². The van der Waals surface area contributed by atoms with E-state index >= 15 is 0 Å². The maximum Gasteiger partial charge on any atom is 0.472 e. The lowest BCUT2D eigenvalue weighted by Crippen LogP contribution is -1.98. The predicted octanol–water partition coefficient (Wildman–Crippen LogP) is 3.63. The third kappa shape index (κ3) is 2.87. The summed E-state index contributed by atoms with van der Waals surface area (Å²) in [6, 6.07) is 19.7. The SMILES string of the molecule is Cl.O=[S+]C(c1ccccc1)c1ccccc1. The van der Waals surface area contributed by atoms with Crippen molar-refractivity contribution in [2.24, 2.45) is 0 Å². The van der Waals surface area contributed by atoms with Crippen LogP contribution in [0.5, 0.6) is 0 Å². The van der Waals surface area contributed by atoms with Gasteiger partial charge in [-0.25, -0.2) is 0 Å². The van der Waals surface area contributed by atoms with E-state index in [1.54, 1.807) is 0 Å². The van der Waals surface area contributed by atoms with Gasteiger partial charge in [-0.3, -0.25) is 0 Å². The second-order valence-corrected chi connectivity index (χ2v) is 3.96. The molecule has 0 unspecified atom stereocenters. The summed E-state index contributed by atoms with van der Waals surface area (Å²) in [6.07, 6.45) is 0. The summed E-state index contributed by atoms with van der Waals surface area (Å²) in [7, 11) is 0. The molecule has 0 N–H and O–H groups in total. The Bertz CT molecular complexity index is 391. The first kappa shape index (κ1) is 12.8. The molecule has 0 atom stereocenters. The van der Waals surface area contributed by atoms with Crippen LogP contribution in [-0.4, -0.2) is 0 Å². The third-order valence-electron chi connectivity index (χ3n) is 2.30. The van der Waals surface area contributed by atoms with E-state index in [0.29, 0.717) is 11.7 Å². The number of halogens is 1. The highest BCUT2D eigenvalue weighted by Crippen LogP contribution is 2.23. The zero-order valence-electron chi connectivity index (χ0n) is 8.58. The minimum absolute atomic E-state index is 0. The Kier molecular flexibility index (Phi) is 5.09. The Morgan fingerprint density at radius 3 is 1.44 bits per heavy atom. The van der Waals surface area contributed by atoms with Crippen molar-refractivity contribution in [3.05, 3.63) is 71.8 Å². The fourth-order valence-corrected chi connectivity index (χ4v) is 2.10.